The normalized spacial score (nSPS) is 34.2. The van der Waals surface area contributed by atoms with Crippen molar-refractivity contribution in [2.75, 3.05) is 6.54 Å². The van der Waals surface area contributed by atoms with Crippen molar-refractivity contribution in [1.82, 2.24) is 0 Å². The summed E-state index contributed by atoms with van der Waals surface area (Å²) in [4.78, 5) is 0. The molecular formula is C36H75NOS3. The first-order valence-corrected chi connectivity index (χ1v) is 19.1. The molecule has 4 aliphatic rings. The largest absolute Gasteiger partial charge is 0.393 e. The van der Waals surface area contributed by atoms with Crippen LogP contribution < -0.4 is 5.73 Å². The van der Waals surface area contributed by atoms with Crippen molar-refractivity contribution in [2.45, 2.75) is 175 Å². The maximum absolute atomic E-state index is 10.2. The molecule has 0 aromatic rings. The third-order valence-electron chi connectivity index (χ3n) is 9.55. The molecule has 3 saturated carbocycles. The lowest BCUT2D eigenvalue weighted by atomic mass is 9.55. The molecule has 5 heteroatoms. The SMILES string of the molecule is CC.CC.CC.CC.CC(C)CCC[C@@H](C)C1CC[C@H]2[C@H]3CC=C4CC(O)CCC4(S)[C@H]3CCC12S.CC(S)CN. The van der Waals surface area contributed by atoms with Gasteiger partial charge in [-0.3, -0.25) is 0 Å². The highest BCUT2D eigenvalue weighted by Gasteiger charge is 2.60. The Morgan fingerprint density at radius 1 is 0.854 bits per heavy atom. The molecule has 9 atom stereocenters. The molecule has 3 N–H and O–H groups in total. The van der Waals surface area contributed by atoms with Crippen LogP contribution in [0.4, 0.5) is 0 Å². The van der Waals surface area contributed by atoms with Crippen molar-refractivity contribution in [3.63, 3.8) is 0 Å². The first-order valence-electron chi connectivity index (χ1n) is 17.7. The molecule has 0 radical (unpaired) electrons. The second-order valence-electron chi connectivity index (χ2n) is 12.3. The molecule has 2 nitrogen and oxygen atoms in total. The van der Waals surface area contributed by atoms with Crippen molar-refractivity contribution in [1.29, 1.82) is 0 Å². The van der Waals surface area contributed by atoms with Crippen LogP contribution in [0.5, 0.6) is 0 Å². The number of aliphatic hydroxyl groups excluding tert-OH is 1. The minimum absolute atomic E-state index is 0.0538. The molecule has 0 amide bonds. The topological polar surface area (TPSA) is 46.2 Å². The molecule has 0 spiro atoms. The van der Waals surface area contributed by atoms with E-state index < -0.39 is 0 Å². The maximum Gasteiger partial charge on any atom is 0.0578 e. The van der Waals surface area contributed by atoms with E-state index in [-0.39, 0.29) is 15.6 Å². The van der Waals surface area contributed by atoms with E-state index in [1.165, 1.54) is 56.9 Å². The zero-order valence-corrected chi connectivity index (χ0v) is 32.2. The van der Waals surface area contributed by atoms with Crippen molar-refractivity contribution in [3.8, 4) is 0 Å². The van der Waals surface area contributed by atoms with Gasteiger partial charge in [-0.05, 0) is 86.9 Å². The van der Waals surface area contributed by atoms with Crippen LogP contribution in [0.3, 0.4) is 0 Å². The molecule has 0 aromatic carbocycles. The van der Waals surface area contributed by atoms with Gasteiger partial charge in [0.25, 0.3) is 0 Å². The van der Waals surface area contributed by atoms with Gasteiger partial charge in [0, 0.05) is 21.3 Å². The molecule has 41 heavy (non-hydrogen) atoms. The number of rotatable bonds is 6. The van der Waals surface area contributed by atoms with Gasteiger partial charge in [0.1, 0.15) is 0 Å². The lowest BCUT2D eigenvalue weighted by Crippen LogP contribution is -2.54. The number of hydrogen-bond acceptors (Lipinski definition) is 5. The second kappa shape index (κ2) is 23.1. The molecule has 0 aromatic heterocycles. The van der Waals surface area contributed by atoms with Gasteiger partial charge in [-0.15, -0.1) is 0 Å². The Morgan fingerprint density at radius 2 is 1.41 bits per heavy atom. The number of hydrogen-bond donors (Lipinski definition) is 5. The van der Waals surface area contributed by atoms with Gasteiger partial charge in [0.2, 0.25) is 0 Å². The standard InChI is InChI=1S/C25H42OS2.C3H9NS.4C2H6/c1-16(2)5-4-6-17(3)21-9-10-22-20-8-7-18-15-19(26)11-13-24(18,27)23(20)12-14-25(21,22)28;1-3(5)2-4;4*1-2/h7,16-17,19-23,26-28H,4-6,8-15H2,1-3H3;3,5H,2,4H2,1H3;4*1-2H3/t17-,19?,20-,21?,22+,23+,24?,25?;;;;;/m1...../s1. The number of thiol groups is 3. The first kappa shape index (κ1) is 43.8. The lowest BCUT2D eigenvalue weighted by molar-refractivity contribution is 0.0559. The number of allylic oxidation sites excluding steroid dienone is 1. The highest BCUT2D eigenvalue weighted by atomic mass is 32.1. The summed E-state index contributed by atoms with van der Waals surface area (Å²) in [5.74, 6) is 4.65. The quantitative estimate of drug-likeness (QED) is 0.149. The highest BCUT2D eigenvalue weighted by molar-refractivity contribution is 7.82. The summed E-state index contributed by atoms with van der Waals surface area (Å²) in [7, 11) is 0. The van der Waals surface area contributed by atoms with Crippen molar-refractivity contribution < 1.29 is 5.11 Å². The summed E-state index contributed by atoms with van der Waals surface area (Å²) in [6, 6.07) is 0. The molecular weight excluding hydrogens is 559 g/mol. The van der Waals surface area contributed by atoms with Crippen LogP contribution in [-0.4, -0.2) is 32.5 Å². The van der Waals surface area contributed by atoms with E-state index in [0.717, 1.165) is 48.9 Å². The molecule has 0 bridgehead atoms. The van der Waals surface area contributed by atoms with Gasteiger partial charge in [-0.2, -0.15) is 37.9 Å². The molecule has 3 fully saturated rings. The average Bonchev–Trinajstić information content (AvgIpc) is 3.35. The van der Waals surface area contributed by atoms with E-state index >= 15 is 0 Å². The van der Waals surface area contributed by atoms with Gasteiger partial charge in [0.15, 0.2) is 0 Å². The minimum Gasteiger partial charge on any atom is -0.393 e. The van der Waals surface area contributed by atoms with Crippen LogP contribution in [0.15, 0.2) is 11.6 Å². The first-order chi connectivity index (χ1) is 19.5. The Balaban J connectivity index is 0. The summed E-state index contributed by atoms with van der Waals surface area (Å²) in [6.07, 6.45) is 15.8. The van der Waals surface area contributed by atoms with E-state index in [0.29, 0.717) is 17.7 Å². The Labute approximate surface area is 275 Å². The van der Waals surface area contributed by atoms with Crippen LogP contribution in [0, 0.1) is 35.5 Å². The lowest BCUT2D eigenvalue weighted by Gasteiger charge is -2.57. The smallest absolute Gasteiger partial charge is 0.0578 e. The molecule has 248 valence electrons. The fourth-order valence-electron chi connectivity index (χ4n) is 7.76. The average molecular weight is 634 g/mol. The van der Waals surface area contributed by atoms with Crippen molar-refractivity contribution in [2.24, 2.45) is 41.2 Å². The van der Waals surface area contributed by atoms with E-state index in [1.54, 1.807) is 0 Å². The summed E-state index contributed by atoms with van der Waals surface area (Å²) in [5, 5.41) is 10.5. The molecule has 0 saturated heterocycles. The van der Waals surface area contributed by atoms with Gasteiger partial charge < -0.3 is 10.8 Å². The second-order valence-corrected chi connectivity index (χ2v) is 14.8. The minimum atomic E-state index is -0.141. The predicted octanol–water partition coefficient (Wildman–Crippen LogP) is 11.1. The van der Waals surface area contributed by atoms with Gasteiger partial charge in [0.05, 0.1) is 6.10 Å². The number of fused-ring (bicyclic) bond motifs is 5. The van der Waals surface area contributed by atoms with Crippen LogP contribution in [0.2, 0.25) is 0 Å². The summed E-state index contributed by atoms with van der Waals surface area (Å²) < 4.78 is 0.306. The Bertz CT molecular complexity index is 669. The molecule has 0 heterocycles. The Kier molecular flexibility index (Phi) is 24.7. The highest BCUT2D eigenvalue weighted by Crippen LogP contribution is 2.65. The Morgan fingerprint density at radius 3 is 1.93 bits per heavy atom. The zero-order valence-electron chi connectivity index (χ0n) is 29.5. The van der Waals surface area contributed by atoms with Gasteiger partial charge in [-0.25, -0.2) is 0 Å². The van der Waals surface area contributed by atoms with E-state index in [1.807, 2.05) is 62.3 Å². The monoisotopic (exact) mass is 634 g/mol. The van der Waals surface area contributed by atoms with Crippen LogP contribution >= 0.6 is 37.9 Å². The fourth-order valence-corrected chi connectivity index (χ4v) is 9.23. The summed E-state index contributed by atoms with van der Waals surface area (Å²) >= 11 is 14.8. The fraction of sp³-hybridized carbons (Fsp3) is 0.944. The van der Waals surface area contributed by atoms with Crippen LogP contribution in [0.25, 0.3) is 0 Å². The summed E-state index contributed by atoms with van der Waals surface area (Å²) in [5.41, 5.74) is 6.55. The maximum atomic E-state index is 10.2. The zero-order chi connectivity index (χ0) is 32.4. The van der Waals surface area contributed by atoms with Crippen LogP contribution in [0.1, 0.15) is 154 Å². The number of aliphatic hydroxyl groups is 1. The number of nitrogens with two attached hydrogens (primary N) is 1. The molecule has 0 aliphatic heterocycles. The van der Waals surface area contributed by atoms with Crippen molar-refractivity contribution in [3.05, 3.63) is 11.6 Å². The van der Waals surface area contributed by atoms with E-state index in [2.05, 4.69) is 39.5 Å². The third-order valence-corrected chi connectivity index (χ3v) is 11.5. The molecule has 4 aliphatic carbocycles. The Hall–Kier alpha value is 0.710. The van der Waals surface area contributed by atoms with Gasteiger partial charge in [-0.1, -0.05) is 114 Å². The van der Waals surface area contributed by atoms with Crippen LogP contribution in [-0.2, 0) is 0 Å². The molecule has 4 rings (SSSR count). The van der Waals surface area contributed by atoms with E-state index in [9.17, 15) is 5.11 Å². The van der Waals surface area contributed by atoms with E-state index in [4.69, 9.17) is 31.0 Å². The van der Waals surface area contributed by atoms with Gasteiger partial charge >= 0.3 is 0 Å². The predicted molar refractivity (Wildman–Crippen MR) is 199 cm³/mol. The van der Waals surface area contributed by atoms with Crippen molar-refractivity contribution >= 4 is 37.9 Å². The third kappa shape index (κ3) is 12.2. The summed E-state index contributed by atoms with van der Waals surface area (Å²) in [6.45, 7) is 25.8. The molecule has 5 unspecified atom stereocenters.